The number of benzene rings is 3. The van der Waals surface area contributed by atoms with E-state index in [1.165, 1.54) is 9.71 Å². The van der Waals surface area contributed by atoms with Crippen molar-refractivity contribution < 1.29 is 9.21 Å². The summed E-state index contributed by atoms with van der Waals surface area (Å²) in [4.78, 5) is 24.7. The lowest BCUT2D eigenvalue weighted by molar-refractivity contribution is -0.132. The molecule has 180 valence electrons. The second kappa shape index (κ2) is 10.1. The van der Waals surface area contributed by atoms with Gasteiger partial charge in [-0.2, -0.15) is 0 Å². The van der Waals surface area contributed by atoms with Crippen LogP contribution in [0.2, 0.25) is 0 Å². The van der Waals surface area contributed by atoms with Crippen molar-refractivity contribution in [2.45, 2.75) is 31.6 Å². The number of fused-ring (bicyclic) bond motifs is 1. The van der Waals surface area contributed by atoms with Crippen molar-refractivity contribution in [3.8, 4) is 22.6 Å². The average Bonchev–Trinajstić information content (AvgIpc) is 3.58. The number of hydrogen-bond acceptors (Lipinski definition) is 5. The van der Waals surface area contributed by atoms with Crippen LogP contribution in [-0.4, -0.2) is 33.9 Å². The van der Waals surface area contributed by atoms with Crippen LogP contribution < -0.4 is 0 Å². The fourth-order valence-corrected chi connectivity index (χ4v) is 6.00. The molecule has 0 unspecified atom stereocenters. The van der Waals surface area contributed by atoms with E-state index in [0.29, 0.717) is 24.7 Å². The van der Waals surface area contributed by atoms with Crippen LogP contribution in [0.3, 0.4) is 0 Å². The summed E-state index contributed by atoms with van der Waals surface area (Å²) in [6.07, 6.45) is 2.81. The van der Waals surface area contributed by atoms with E-state index >= 15 is 0 Å². The summed E-state index contributed by atoms with van der Waals surface area (Å²) < 4.78 is 7.45. The third kappa shape index (κ3) is 4.69. The van der Waals surface area contributed by atoms with Gasteiger partial charge in [0.2, 0.25) is 5.91 Å². The van der Waals surface area contributed by atoms with Gasteiger partial charge in [-0.25, -0.2) is 9.97 Å². The molecule has 0 atom stereocenters. The van der Waals surface area contributed by atoms with Crippen LogP contribution >= 0.6 is 11.3 Å². The number of rotatable bonds is 6. The molecular weight excluding hydrogens is 466 g/mol. The van der Waals surface area contributed by atoms with E-state index in [2.05, 4.69) is 18.2 Å². The van der Waals surface area contributed by atoms with Crippen LogP contribution in [0, 0.1) is 0 Å². The SMILES string of the molecule is O=C(CCc1nc(-c2ccccc2)c(-c2ccccc2)o1)N1CCC(c2nc3ccccc3s2)CC1. The van der Waals surface area contributed by atoms with Crippen molar-refractivity contribution in [2.24, 2.45) is 0 Å². The molecule has 2 aromatic heterocycles. The maximum atomic E-state index is 13.0. The second-order valence-corrected chi connectivity index (χ2v) is 10.3. The Morgan fingerprint density at radius 2 is 1.53 bits per heavy atom. The zero-order chi connectivity index (χ0) is 24.3. The molecule has 0 N–H and O–H groups in total. The molecule has 3 aromatic carbocycles. The maximum absolute atomic E-state index is 13.0. The number of thiazole rings is 1. The van der Waals surface area contributed by atoms with Gasteiger partial charge in [-0.1, -0.05) is 72.8 Å². The molecule has 5 aromatic rings. The van der Waals surface area contributed by atoms with E-state index in [4.69, 9.17) is 14.4 Å². The lowest BCUT2D eigenvalue weighted by Crippen LogP contribution is -2.38. The first-order valence-electron chi connectivity index (χ1n) is 12.5. The average molecular weight is 494 g/mol. The van der Waals surface area contributed by atoms with Gasteiger partial charge < -0.3 is 9.32 Å². The molecule has 0 radical (unpaired) electrons. The molecule has 3 heterocycles. The number of aryl methyl sites for hydroxylation is 1. The highest BCUT2D eigenvalue weighted by molar-refractivity contribution is 7.18. The Labute approximate surface area is 214 Å². The van der Waals surface area contributed by atoms with Crippen LogP contribution in [0.25, 0.3) is 32.8 Å². The van der Waals surface area contributed by atoms with E-state index in [1.54, 1.807) is 11.3 Å². The second-order valence-electron chi connectivity index (χ2n) is 9.19. The largest absolute Gasteiger partial charge is 0.440 e. The summed E-state index contributed by atoms with van der Waals surface area (Å²) in [7, 11) is 0. The Morgan fingerprint density at radius 3 is 2.25 bits per heavy atom. The molecule has 36 heavy (non-hydrogen) atoms. The summed E-state index contributed by atoms with van der Waals surface area (Å²) in [6, 6.07) is 28.4. The lowest BCUT2D eigenvalue weighted by atomic mass is 9.97. The highest BCUT2D eigenvalue weighted by atomic mass is 32.1. The standard InChI is InChI=1S/C30H27N3O2S/c34-27(33-19-17-23(18-20-33)30-31-24-13-7-8-14-25(24)36-30)16-15-26-32-28(21-9-3-1-4-10-21)29(35-26)22-11-5-2-6-12-22/h1-14,23H,15-20H2. The van der Waals surface area contributed by atoms with Crippen molar-refractivity contribution in [1.82, 2.24) is 14.9 Å². The van der Waals surface area contributed by atoms with Gasteiger partial charge in [-0.15, -0.1) is 11.3 Å². The van der Waals surface area contributed by atoms with Crippen LogP contribution in [0.4, 0.5) is 0 Å². The third-order valence-electron chi connectivity index (χ3n) is 6.81. The zero-order valence-corrected chi connectivity index (χ0v) is 20.8. The van der Waals surface area contributed by atoms with Crippen molar-refractivity contribution in [1.29, 1.82) is 0 Å². The number of carbonyl (C=O) groups excluding carboxylic acids is 1. The number of likely N-dealkylation sites (tertiary alicyclic amines) is 1. The lowest BCUT2D eigenvalue weighted by Gasteiger charge is -2.31. The highest BCUT2D eigenvalue weighted by Crippen LogP contribution is 2.35. The number of amides is 1. The Kier molecular flexibility index (Phi) is 6.35. The fraction of sp³-hybridized carbons (Fsp3) is 0.233. The smallest absolute Gasteiger partial charge is 0.223 e. The first-order valence-corrected chi connectivity index (χ1v) is 13.3. The van der Waals surface area contributed by atoms with Crippen molar-refractivity contribution in [3.63, 3.8) is 0 Å². The van der Waals surface area contributed by atoms with Crippen LogP contribution in [0.1, 0.15) is 36.1 Å². The van der Waals surface area contributed by atoms with Crippen LogP contribution in [-0.2, 0) is 11.2 Å². The van der Waals surface area contributed by atoms with E-state index in [1.807, 2.05) is 71.6 Å². The topological polar surface area (TPSA) is 59.2 Å². The molecule has 1 saturated heterocycles. The molecule has 0 saturated carbocycles. The molecule has 1 aliphatic rings. The predicted molar refractivity (Wildman–Crippen MR) is 144 cm³/mol. The summed E-state index contributed by atoms with van der Waals surface area (Å²) in [6.45, 7) is 1.55. The first kappa shape index (κ1) is 22.7. The Morgan fingerprint density at radius 1 is 0.861 bits per heavy atom. The highest BCUT2D eigenvalue weighted by Gasteiger charge is 2.26. The maximum Gasteiger partial charge on any atom is 0.223 e. The Hall–Kier alpha value is -3.77. The normalized spacial score (nSPS) is 14.4. The summed E-state index contributed by atoms with van der Waals surface area (Å²) in [5, 5.41) is 1.20. The molecule has 1 aliphatic heterocycles. The van der Waals surface area contributed by atoms with Crippen molar-refractivity contribution in [3.05, 3.63) is 95.8 Å². The molecule has 5 nitrogen and oxygen atoms in total. The van der Waals surface area contributed by atoms with Crippen molar-refractivity contribution in [2.75, 3.05) is 13.1 Å². The Balaban J connectivity index is 1.11. The molecule has 6 heteroatoms. The van der Waals surface area contributed by atoms with Gasteiger partial charge in [-0.05, 0) is 25.0 Å². The number of hydrogen-bond donors (Lipinski definition) is 0. The summed E-state index contributed by atoms with van der Waals surface area (Å²) >= 11 is 1.79. The fourth-order valence-electron chi connectivity index (χ4n) is 4.86. The van der Waals surface area contributed by atoms with E-state index in [0.717, 1.165) is 54.0 Å². The van der Waals surface area contributed by atoms with Gasteiger partial charge in [0.1, 0.15) is 5.69 Å². The van der Waals surface area contributed by atoms with Crippen molar-refractivity contribution >= 4 is 27.5 Å². The minimum absolute atomic E-state index is 0.165. The number of nitrogens with zero attached hydrogens (tertiary/aromatic N) is 3. The number of aromatic nitrogens is 2. The van der Waals surface area contributed by atoms with E-state index in [9.17, 15) is 4.79 Å². The third-order valence-corrected chi connectivity index (χ3v) is 8.01. The molecular formula is C30H27N3O2S. The molecule has 6 rings (SSSR count). The minimum Gasteiger partial charge on any atom is -0.440 e. The van der Waals surface area contributed by atoms with Gasteiger partial charge >= 0.3 is 0 Å². The molecule has 0 bridgehead atoms. The van der Waals surface area contributed by atoms with E-state index in [-0.39, 0.29) is 5.91 Å². The minimum atomic E-state index is 0.165. The summed E-state index contributed by atoms with van der Waals surface area (Å²) in [5.41, 5.74) is 3.89. The monoisotopic (exact) mass is 493 g/mol. The number of carbonyl (C=O) groups is 1. The molecule has 1 amide bonds. The van der Waals surface area contributed by atoms with Gasteiger partial charge in [0, 0.05) is 43.0 Å². The molecule has 0 aliphatic carbocycles. The van der Waals surface area contributed by atoms with Gasteiger partial charge in [0.15, 0.2) is 11.7 Å². The first-order chi connectivity index (χ1) is 17.7. The molecule has 0 spiro atoms. The van der Waals surface area contributed by atoms with Crippen LogP contribution in [0.5, 0.6) is 0 Å². The Bertz CT molecular complexity index is 1380. The number of oxazole rings is 1. The predicted octanol–water partition coefficient (Wildman–Crippen LogP) is 6.96. The number of piperidine rings is 1. The van der Waals surface area contributed by atoms with Gasteiger partial charge in [-0.3, -0.25) is 4.79 Å². The van der Waals surface area contributed by atoms with Crippen LogP contribution in [0.15, 0.2) is 89.3 Å². The van der Waals surface area contributed by atoms with E-state index < -0.39 is 0 Å². The van der Waals surface area contributed by atoms with Gasteiger partial charge in [0.25, 0.3) is 0 Å². The number of para-hydroxylation sites is 1. The zero-order valence-electron chi connectivity index (χ0n) is 20.0. The molecule has 1 fully saturated rings. The summed E-state index contributed by atoms with van der Waals surface area (Å²) in [5.74, 6) is 1.95. The van der Waals surface area contributed by atoms with Gasteiger partial charge in [0.05, 0.1) is 15.2 Å². The quantitative estimate of drug-likeness (QED) is 0.257.